The molecule has 2 aromatic carbocycles. The Bertz CT molecular complexity index is 827. The van der Waals surface area contributed by atoms with Crippen LogP contribution in [0.3, 0.4) is 0 Å². The topological polar surface area (TPSA) is 52.1 Å². The Morgan fingerprint density at radius 2 is 1.84 bits per heavy atom. The first-order chi connectivity index (χ1) is 14.7. The average Bonchev–Trinajstić information content (AvgIpc) is 2.79. The predicted molar refractivity (Wildman–Crippen MR) is 136 cm³/mol. The van der Waals surface area contributed by atoms with Crippen molar-refractivity contribution in [2.75, 3.05) is 58.3 Å². The number of anilines is 1. The molecule has 8 heteroatoms. The molecule has 0 radical (unpaired) electrons. The highest BCUT2D eigenvalue weighted by molar-refractivity contribution is 14.0. The lowest BCUT2D eigenvalue weighted by molar-refractivity contribution is 0.254. The molecule has 0 amide bonds. The minimum atomic E-state index is -0.136. The Balaban J connectivity index is 0.00000341. The molecule has 0 saturated carbocycles. The Morgan fingerprint density at radius 1 is 1.06 bits per heavy atom. The van der Waals surface area contributed by atoms with Crippen LogP contribution in [-0.4, -0.2) is 64.3 Å². The first-order valence-corrected chi connectivity index (χ1v) is 10.5. The summed E-state index contributed by atoms with van der Waals surface area (Å²) in [5.74, 6) is 1.51. The number of para-hydroxylation sites is 1. The molecule has 0 spiro atoms. The standard InChI is InChI=1S/C23H32FN5O.HI/c1-25-23(27-18-19-7-5-8-20(17-19)30-2)26-11-6-12-28-13-15-29(16-14-28)22-10-4-3-9-21(22)24;/h3-5,7-10,17H,6,11-16,18H2,1-2H3,(H2,25,26,27);1H. The maximum Gasteiger partial charge on any atom is 0.191 e. The van der Waals surface area contributed by atoms with Crippen molar-refractivity contribution in [1.82, 2.24) is 15.5 Å². The van der Waals surface area contributed by atoms with E-state index < -0.39 is 0 Å². The summed E-state index contributed by atoms with van der Waals surface area (Å²) >= 11 is 0. The van der Waals surface area contributed by atoms with E-state index in [2.05, 4.69) is 31.5 Å². The normalized spacial score (nSPS) is 14.7. The van der Waals surface area contributed by atoms with Crippen molar-refractivity contribution < 1.29 is 9.13 Å². The minimum Gasteiger partial charge on any atom is -0.497 e. The van der Waals surface area contributed by atoms with Gasteiger partial charge in [-0.05, 0) is 42.8 Å². The van der Waals surface area contributed by atoms with E-state index in [0.717, 1.165) is 63.0 Å². The van der Waals surface area contributed by atoms with Gasteiger partial charge in [-0.1, -0.05) is 24.3 Å². The van der Waals surface area contributed by atoms with E-state index in [-0.39, 0.29) is 29.8 Å². The van der Waals surface area contributed by atoms with E-state index in [4.69, 9.17) is 4.74 Å². The van der Waals surface area contributed by atoms with E-state index in [0.29, 0.717) is 12.2 Å². The van der Waals surface area contributed by atoms with Gasteiger partial charge < -0.3 is 20.3 Å². The number of aliphatic imine (C=N–C) groups is 1. The number of hydrogen-bond donors (Lipinski definition) is 2. The molecule has 1 heterocycles. The van der Waals surface area contributed by atoms with Crippen molar-refractivity contribution in [2.45, 2.75) is 13.0 Å². The highest BCUT2D eigenvalue weighted by Crippen LogP contribution is 2.20. The van der Waals surface area contributed by atoms with Crippen molar-refractivity contribution in [3.63, 3.8) is 0 Å². The molecule has 0 unspecified atom stereocenters. The minimum absolute atomic E-state index is 0. The van der Waals surface area contributed by atoms with Crippen LogP contribution in [0.15, 0.2) is 53.5 Å². The summed E-state index contributed by atoms with van der Waals surface area (Å²) in [6, 6.07) is 15.0. The van der Waals surface area contributed by atoms with Crippen LogP contribution in [0, 0.1) is 5.82 Å². The van der Waals surface area contributed by atoms with Crippen molar-refractivity contribution in [1.29, 1.82) is 0 Å². The number of halogens is 2. The summed E-state index contributed by atoms with van der Waals surface area (Å²) in [5.41, 5.74) is 1.86. The van der Waals surface area contributed by atoms with Gasteiger partial charge in [0.1, 0.15) is 11.6 Å². The molecule has 31 heavy (non-hydrogen) atoms. The van der Waals surface area contributed by atoms with Gasteiger partial charge in [0.2, 0.25) is 0 Å². The maximum absolute atomic E-state index is 14.0. The SMILES string of the molecule is CN=C(NCCCN1CCN(c2ccccc2F)CC1)NCc1cccc(OC)c1.I. The van der Waals surface area contributed by atoms with Crippen LogP contribution in [0.5, 0.6) is 5.75 Å². The average molecular weight is 541 g/mol. The van der Waals surface area contributed by atoms with E-state index in [1.165, 1.54) is 6.07 Å². The third-order valence-electron chi connectivity index (χ3n) is 5.33. The molecule has 2 N–H and O–H groups in total. The molecule has 1 aliphatic heterocycles. The van der Waals surface area contributed by atoms with Gasteiger partial charge in [0.05, 0.1) is 12.8 Å². The second-order valence-electron chi connectivity index (χ2n) is 7.34. The fourth-order valence-corrected chi connectivity index (χ4v) is 3.62. The third kappa shape index (κ3) is 7.84. The smallest absolute Gasteiger partial charge is 0.191 e. The van der Waals surface area contributed by atoms with E-state index in [1.807, 2.05) is 30.3 Å². The summed E-state index contributed by atoms with van der Waals surface area (Å²) in [5, 5.41) is 6.70. The quantitative estimate of drug-likeness (QED) is 0.233. The Morgan fingerprint density at radius 3 is 2.55 bits per heavy atom. The van der Waals surface area contributed by atoms with Crippen LogP contribution in [0.25, 0.3) is 0 Å². The lowest BCUT2D eigenvalue weighted by Gasteiger charge is -2.36. The summed E-state index contributed by atoms with van der Waals surface area (Å²) in [6.07, 6.45) is 1.03. The summed E-state index contributed by atoms with van der Waals surface area (Å²) in [4.78, 5) is 8.86. The van der Waals surface area contributed by atoms with Crippen molar-refractivity contribution in [3.05, 3.63) is 59.9 Å². The van der Waals surface area contributed by atoms with Crippen LogP contribution in [0.4, 0.5) is 10.1 Å². The van der Waals surface area contributed by atoms with Crippen LogP contribution < -0.4 is 20.3 Å². The molecular weight excluding hydrogens is 508 g/mol. The van der Waals surface area contributed by atoms with Crippen molar-refractivity contribution in [2.24, 2.45) is 4.99 Å². The first kappa shape index (κ1) is 25.2. The third-order valence-corrected chi connectivity index (χ3v) is 5.33. The highest BCUT2D eigenvalue weighted by Gasteiger charge is 2.18. The number of ether oxygens (including phenoxy) is 1. The lowest BCUT2D eigenvalue weighted by Crippen LogP contribution is -2.47. The zero-order valence-corrected chi connectivity index (χ0v) is 20.6. The van der Waals surface area contributed by atoms with Gasteiger partial charge in [-0.25, -0.2) is 4.39 Å². The lowest BCUT2D eigenvalue weighted by atomic mass is 10.2. The fraction of sp³-hybridized carbons (Fsp3) is 0.435. The monoisotopic (exact) mass is 541 g/mol. The van der Waals surface area contributed by atoms with E-state index >= 15 is 0 Å². The van der Waals surface area contributed by atoms with Crippen molar-refractivity contribution in [3.8, 4) is 5.75 Å². The number of guanidine groups is 1. The molecule has 3 rings (SSSR count). The van der Waals surface area contributed by atoms with Crippen molar-refractivity contribution >= 4 is 35.6 Å². The Kier molecular flexibility index (Phi) is 10.9. The molecule has 0 aliphatic carbocycles. The number of piperazine rings is 1. The van der Waals surface area contributed by atoms with Gasteiger partial charge in [-0.2, -0.15) is 0 Å². The molecule has 2 aromatic rings. The zero-order valence-electron chi connectivity index (χ0n) is 18.3. The number of hydrogen-bond acceptors (Lipinski definition) is 4. The van der Waals surface area contributed by atoms with Gasteiger partial charge in [0.15, 0.2) is 5.96 Å². The number of nitrogens with one attached hydrogen (secondary N) is 2. The molecule has 0 bridgehead atoms. The highest BCUT2D eigenvalue weighted by atomic mass is 127. The number of nitrogens with zero attached hydrogens (tertiary/aromatic N) is 3. The summed E-state index contributed by atoms with van der Waals surface area (Å²) in [7, 11) is 3.45. The predicted octanol–water partition coefficient (Wildman–Crippen LogP) is 3.33. The fourth-order valence-electron chi connectivity index (χ4n) is 3.62. The first-order valence-electron chi connectivity index (χ1n) is 10.5. The molecule has 1 fully saturated rings. The molecule has 0 atom stereocenters. The van der Waals surface area contributed by atoms with Crippen LogP contribution in [0.1, 0.15) is 12.0 Å². The van der Waals surface area contributed by atoms with Gasteiger partial charge >= 0.3 is 0 Å². The summed E-state index contributed by atoms with van der Waals surface area (Å²) < 4.78 is 19.2. The number of methoxy groups -OCH3 is 1. The Labute approximate surface area is 201 Å². The second-order valence-corrected chi connectivity index (χ2v) is 7.34. The second kappa shape index (κ2) is 13.4. The zero-order chi connectivity index (χ0) is 21.2. The van der Waals surface area contributed by atoms with E-state index in [9.17, 15) is 4.39 Å². The number of benzene rings is 2. The molecule has 170 valence electrons. The van der Waals surface area contributed by atoms with Crippen LogP contribution in [-0.2, 0) is 6.54 Å². The molecule has 0 aromatic heterocycles. The van der Waals surface area contributed by atoms with Crippen LogP contribution >= 0.6 is 24.0 Å². The largest absolute Gasteiger partial charge is 0.497 e. The molecule has 1 saturated heterocycles. The van der Waals surface area contributed by atoms with Gasteiger partial charge in [0.25, 0.3) is 0 Å². The van der Waals surface area contributed by atoms with Crippen LogP contribution in [0.2, 0.25) is 0 Å². The maximum atomic E-state index is 14.0. The van der Waals surface area contributed by atoms with E-state index in [1.54, 1.807) is 20.2 Å². The Hall–Kier alpha value is -2.07. The van der Waals surface area contributed by atoms with Gasteiger partial charge in [0, 0.05) is 46.3 Å². The molecule has 6 nitrogen and oxygen atoms in total. The summed E-state index contributed by atoms with van der Waals surface area (Å²) in [6.45, 7) is 6.19. The molecule has 1 aliphatic rings. The van der Waals surface area contributed by atoms with Gasteiger partial charge in [-0.15, -0.1) is 24.0 Å². The molecular formula is C23H33FIN5O. The number of rotatable bonds is 8. The van der Waals surface area contributed by atoms with Gasteiger partial charge in [-0.3, -0.25) is 9.89 Å².